The van der Waals surface area contributed by atoms with Gasteiger partial charge >= 0.3 is 6.09 Å². The van der Waals surface area contributed by atoms with Crippen molar-refractivity contribution in [2.45, 2.75) is 44.6 Å². The first kappa shape index (κ1) is 15.8. The van der Waals surface area contributed by atoms with Gasteiger partial charge in [0.15, 0.2) is 0 Å². The third-order valence-corrected chi connectivity index (χ3v) is 4.16. The van der Waals surface area contributed by atoms with Crippen LogP contribution in [0.4, 0.5) is 4.79 Å². The van der Waals surface area contributed by atoms with E-state index in [1.54, 1.807) is 4.90 Å². The fourth-order valence-electron chi connectivity index (χ4n) is 2.91. The maximum Gasteiger partial charge on any atom is 0.409 e. The summed E-state index contributed by atoms with van der Waals surface area (Å²) in [5.74, 6) is 0.280. The van der Waals surface area contributed by atoms with Gasteiger partial charge in [-0.2, -0.15) is 0 Å². The summed E-state index contributed by atoms with van der Waals surface area (Å²) in [5.41, 5.74) is 8.81. The second-order valence-corrected chi connectivity index (χ2v) is 6.94. The van der Waals surface area contributed by atoms with Crippen LogP contribution in [0.25, 0.3) is 0 Å². The normalized spacial score (nSPS) is 23.0. The number of carbonyl (C=O) groups excluding carboxylic acids is 1. The number of carbonyl (C=O) groups is 1. The number of hydrogen-bond donors (Lipinski definition) is 1. The van der Waals surface area contributed by atoms with Gasteiger partial charge in [-0.25, -0.2) is 4.79 Å². The molecular formula is C17H26N2O2. The van der Waals surface area contributed by atoms with Crippen molar-refractivity contribution in [3.8, 4) is 0 Å². The Labute approximate surface area is 127 Å². The second-order valence-electron chi connectivity index (χ2n) is 6.94. The average Bonchev–Trinajstić information content (AvgIpc) is 2.45. The fourth-order valence-corrected chi connectivity index (χ4v) is 2.91. The van der Waals surface area contributed by atoms with Crippen LogP contribution in [0.2, 0.25) is 0 Å². The number of rotatable bonds is 1. The molecule has 2 atom stereocenters. The molecule has 2 N–H and O–H groups in total. The van der Waals surface area contributed by atoms with Crippen LogP contribution < -0.4 is 5.73 Å². The summed E-state index contributed by atoms with van der Waals surface area (Å²) in [5, 5.41) is 0. The minimum absolute atomic E-state index is 0.00476. The van der Waals surface area contributed by atoms with E-state index in [1.807, 2.05) is 0 Å². The van der Waals surface area contributed by atoms with E-state index in [1.165, 1.54) is 18.2 Å². The molecule has 1 aromatic rings. The number of amides is 1. The predicted molar refractivity (Wildman–Crippen MR) is 84.5 cm³/mol. The third kappa shape index (κ3) is 3.76. The van der Waals surface area contributed by atoms with Gasteiger partial charge in [-0.1, -0.05) is 45.0 Å². The smallest absolute Gasteiger partial charge is 0.409 e. The van der Waals surface area contributed by atoms with Crippen molar-refractivity contribution < 1.29 is 9.53 Å². The first-order chi connectivity index (χ1) is 9.81. The summed E-state index contributed by atoms with van der Waals surface area (Å²) >= 11 is 0. The van der Waals surface area contributed by atoms with Crippen LogP contribution in [-0.4, -0.2) is 37.2 Å². The molecule has 0 aromatic heterocycles. The van der Waals surface area contributed by atoms with Crippen molar-refractivity contribution in [1.29, 1.82) is 0 Å². The Bertz CT molecular complexity index is 491. The Morgan fingerprint density at radius 1 is 1.24 bits per heavy atom. The molecule has 2 unspecified atom stereocenters. The van der Waals surface area contributed by atoms with E-state index in [0.29, 0.717) is 13.1 Å². The Kier molecular flexibility index (Phi) is 4.57. The van der Waals surface area contributed by atoms with Crippen molar-refractivity contribution in [2.75, 3.05) is 20.2 Å². The van der Waals surface area contributed by atoms with Gasteiger partial charge in [-0.05, 0) is 23.0 Å². The number of ether oxygens (including phenoxy) is 1. The molecule has 2 rings (SSSR count). The van der Waals surface area contributed by atoms with E-state index < -0.39 is 0 Å². The molecule has 0 bridgehead atoms. The molecule has 1 fully saturated rings. The number of methoxy groups -OCH3 is 1. The molecule has 1 amide bonds. The molecule has 1 saturated heterocycles. The second kappa shape index (κ2) is 6.06. The van der Waals surface area contributed by atoms with Gasteiger partial charge in [0.25, 0.3) is 0 Å². The quantitative estimate of drug-likeness (QED) is 0.865. The summed E-state index contributed by atoms with van der Waals surface area (Å²) < 4.78 is 4.82. The maximum atomic E-state index is 11.7. The van der Waals surface area contributed by atoms with E-state index in [2.05, 4.69) is 45.0 Å². The van der Waals surface area contributed by atoms with E-state index in [9.17, 15) is 4.79 Å². The minimum atomic E-state index is -0.290. The van der Waals surface area contributed by atoms with Gasteiger partial charge in [0.2, 0.25) is 0 Å². The molecule has 0 saturated carbocycles. The molecule has 4 heteroatoms. The molecule has 1 aromatic carbocycles. The molecule has 0 radical (unpaired) electrons. The Morgan fingerprint density at radius 3 is 2.38 bits per heavy atom. The molecule has 0 aliphatic carbocycles. The Morgan fingerprint density at radius 2 is 1.86 bits per heavy atom. The van der Waals surface area contributed by atoms with Crippen LogP contribution in [0.3, 0.4) is 0 Å². The van der Waals surface area contributed by atoms with Crippen molar-refractivity contribution in [3.05, 3.63) is 35.4 Å². The average molecular weight is 290 g/mol. The van der Waals surface area contributed by atoms with E-state index >= 15 is 0 Å². The molecule has 116 valence electrons. The Balaban J connectivity index is 2.15. The highest BCUT2D eigenvalue weighted by Gasteiger charge is 2.29. The minimum Gasteiger partial charge on any atom is -0.453 e. The summed E-state index contributed by atoms with van der Waals surface area (Å²) in [6.45, 7) is 7.87. The van der Waals surface area contributed by atoms with Gasteiger partial charge < -0.3 is 15.4 Å². The third-order valence-electron chi connectivity index (χ3n) is 4.16. The van der Waals surface area contributed by atoms with Gasteiger partial charge in [0.05, 0.1) is 7.11 Å². The fraction of sp³-hybridized carbons (Fsp3) is 0.588. The van der Waals surface area contributed by atoms with E-state index in [0.717, 1.165) is 6.42 Å². The van der Waals surface area contributed by atoms with Crippen LogP contribution in [0.5, 0.6) is 0 Å². The number of nitrogens with two attached hydrogens (primary N) is 1. The molecule has 1 aliphatic heterocycles. The van der Waals surface area contributed by atoms with Crippen molar-refractivity contribution in [1.82, 2.24) is 4.90 Å². The number of piperidine rings is 1. The van der Waals surface area contributed by atoms with Crippen LogP contribution in [0.15, 0.2) is 24.3 Å². The topological polar surface area (TPSA) is 55.6 Å². The number of nitrogens with zero attached hydrogens (tertiary/aromatic N) is 1. The molecule has 1 aliphatic rings. The lowest BCUT2D eigenvalue weighted by Crippen LogP contribution is -2.48. The zero-order chi connectivity index (χ0) is 15.6. The monoisotopic (exact) mass is 290 g/mol. The number of likely N-dealkylation sites (tertiary alicyclic amines) is 1. The zero-order valence-electron chi connectivity index (χ0n) is 13.4. The lowest BCUT2D eigenvalue weighted by atomic mass is 9.83. The summed E-state index contributed by atoms with van der Waals surface area (Å²) in [4.78, 5) is 13.4. The standard InChI is InChI=1S/C17H26N2O2/c1-17(2,3)14-7-5-12(6-8-14)13-9-15(18)11-19(10-13)16(20)21-4/h5-8,13,15H,9-11,18H2,1-4H3. The first-order valence-electron chi connectivity index (χ1n) is 7.50. The molecular weight excluding hydrogens is 264 g/mol. The SMILES string of the molecule is COC(=O)N1CC(N)CC(c2ccc(C(C)(C)C)cc2)C1. The van der Waals surface area contributed by atoms with E-state index in [4.69, 9.17) is 10.5 Å². The first-order valence-corrected chi connectivity index (χ1v) is 7.50. The molecule has 4 nitrogen and oxygen atoms in total. The predicted octanol–water partition coefficient (Wildman–Crippen LogP) is 2.87. The molecule has 21 heavy (non-hydrogen) atoms. The van der Waals surface area contributed by atoms with Crippen molar-refractivity contribution in [2.24, 2.45) is 5.73 Å². The lowest BCUT2D eigenvalue weighted by molar-refractivity contribution is 0.106. The van der Waals surface area contributed by atoms with Crippen LogP contribution in [0, 0.1) is 0 Å². The van der Waals surface area contributed by atoms with Crippen molar-refractivity contribution >= 4 is 6.09 Å². The maximum absolute atomic E-state index is 11.7. The van der Waals surface area contributed by atoms with E-state index in [-0.39, 0.29) is 23.5 Å². The highest BCUT2D eigenvalue weighted by molar-refractivity contribution is 5.67. The number of benzene rings is 1. The highest BCUT2D eigenvalue weighted by atomic mass is 16.5. The zero-order valence-corrected chi connectivity index (χ0v) is 13.4. The number of hydrogen-bond acceptors (Lipinski definition) is 3. The largest absolute Gasteiger partial charge is 0.453 e. The van der Waals surface area contributed by atoms with Gasteiger partial charge in [0.1, 0.15) is 0 Å². The molecule has 1 heterocycles. The van der Waals surface area contributed by atoms with Gasteiger partial charge in [-0.3, -0.25) is 0 Å². The van der Waals surface area contributed by atoms with Crippen LogP contribution >= 0.6 is 0 Å². The van der Waals surface area contributed by atoms with Crippen LogP contribution in [0.1, 0.15) is 44.2 Å². The van der Waals surface area contributed by atoms with Crippen molar-refractivity contribution in [3.63, 3.8) is 0 Å². The summed E-state index contributed by atoms with van der Waals surface area (Å²) in [6, 6.07) is 8.69. The Hall–Kier alpha value is -1.55. The summed E-state index contributed by atoms with van der Waals surface area (Å²) in [6.07, 6.45) is 0.615. The lowest BCUT2D eigenvalue weighted by Gasteiger charge is -2.35. The van der Waals surface area contributed by atoms with Gasteiger partial charge in [0, 0.05) is 25.0 Å². The molecule has 0 spiro atoms. The van der Waals surface area contributed by atoms with Gasteiger partial charge in [-0.15, -0.1) is 0 Å². The highest BCUT2D eigenvalue weighted by Crippen LogP contribution is 2.29. The van der Waals surface area contributed by atoms with Crippen LogP contribution in [-0.2, 0) is 10.2 Å². The summed E-state index contributed by atoms with van der Waals surface area (Å²) in [7, 11) is 1.41.